The molecule has 0 amide bonds. The number of benzene rings is 4. The predicted molar refractivity (Wildman–Crippen MR) is 171 cm³/mol. The number of rotatable bonds is 10. The minimum Gasteiger partial charge on any atom is -0.494 e. The van der Waals surface area contributed by atoms with Gasteiger partial charge in [-0.25, -0.2) is 14.2 Å². The molecule has 218 valence electrons. The third kappa shape index (κ3) is 7.34. The first kappa shape index (κ1) is 30.1. The molecular weight excluding hydrogens is 586 g/mol. The summed E-state index contributed by atoms with van der Waals surface area (Å²) in [4.78, 5) is 16.7. The van der Waals surface area contributed by atoms with E-state index in [2.05, 4.69) is 0 Å². The van der Waals surface area contributed by atoms with E-state index in [-0.39, 0.29) is 11.8 Å². The molecule has 0 aliphatic heterocycles. The molecule has 5 aromatic rings. The Bertz CT molecular complexity index is 1760. The number of nitrogens with zero attached hydrogens (tertiary/aromatic N) is 2. The van der Waals surface area contributed by atoms with Crippen molar-refractivity contribution in [3.63, 3.8) is 0 Å². The maximum atomic E-state index is 14.6. The largest absolute Gasteiger partial charge is 0.494 e. The van der Waals surface area contributed by atoms with Gasteiger partial charge in [0.05, 0.1) is 30.0 Å². The Balaban J connectivity index is 1.43. The fraction of sp³-hybridized carbons (Fsp3) is 0.143. The lowest BCUT2D eigenvalue weighted by molar-refractivity contribution is 0.0600. The van der Waals surface area contributed by atoms with E-state index in [4.69, 9.17) is 37.7 Å². The van der Waals surface area contributed by atoms with Gasteiger partial charge in [0.15, 0.2) is 0 Å². The number of ether oxygens (including phenoxy) is 2. The van der Waals surface area contributed by atoms with E-state index in [1.807, 2.05) is 72.3 Å². The molecule has 0 aliphatic rings. The second-order valence-corrected chi connectivity index (χ2v) is 10.7. The number of aromatic nitrogens is 2. The number of hydrogen-bond donors (Lipinski definition) is 0. The fourth-order valence-corrected chi connectivity index (χ4v) is 5.06. The second-order valence-electron chi connectivity index (χ2n) is 9.87. The third-order valence-electron chi connectivity index (χ3n) is 6.80. The topological polar surface area (TPSA) is 53.4 Å². The van der Waals surface area contributed by atoms with Crippen molar-refractivity contribution in [2.24, 2.45) is 0 Å². The zero-order chi connectivity index (χ0) is 30.3. The van der Waals surface area contributed by atoms with Gasteiger partial charge in [-0.1, -0.05) is 72.6 Å². The highest BCUT2D eigenvalue weighted by molar-refractivity contribution is 6.36. The molecule has 5 nitrogen and oxygen atoms in total. The van der Waals surface area contributed by atoms with Crippen LogP contribution >= 0.6 is 23.2 Å². The summed E-state index contributed by atoms with van der Waals surface area (Å²) in [7, 11) is 1.36. The lowest BCUT2D eigenvalue weighted by Crippen LogP contribution is -2.03. The monoisotopic (exact) mass is 614 g/mol. The van der Waals surface area contributed by atoms with Crippen molar-refractivity contribution in [2.75, 3.05) is 13.7 Å². The summed E-state index contributed by atoms with van der Waals surface area (Å²) in [5, 5.41) is 1.05. The zero-order valence-corrected chi connectivity index (χ0v) is 25.2. The van der Waals surface area contributed by atoms with Crippen molar-refractivity contribution < 1.29 is 18.7 Å². The highest BCUT2D eigenvalue weighted by Crippen LogP contribution is 2.31. The normalized spacial score (nSPS) is 11.2. The van der Waals surface area contributed by atoms with Gasteiger partial charge in [-0.05, 0) is 77.7 Å². The molecule has 0 saturated carbocycles. The van der Waals surface area contributed by atoms with Crippen molar-refractivity contribution in [3.05, 3.63) is 130 Å². The van der Waals surface area contributed by atoms with Gasteiger partial charge in [0.25, 0.3) is 0 Å². The maximum absolute atomic E-state index is 14.6. The lowest BCUT2D eigenvalue weighted by Gasteiger charge is -2.09. The first-order valence-corrected chi connectivity index (χ1v) is 14.5. The number of imidazole rings is 1. The van der Waals surface area contributed by atoms with Crippen LogP contribution in [0.15, 0.2) is 91.1 Å². The van der Waals surface area contributed by atoms with Crippen LogP contribution in [0.2, 0.25) is 10.0 Å². The van der Waals surface area contributed by atoms with Crippen molar-refractivity contribution in [2.45, 2.75) is 19.9 Å². The number of halogens is 3. The van der Waals surface area contributed by atoms with Crippen LogP contribution in [0.25, 0.3) is 34.5 Å². The van der Waals surface area contributed by atoms with Gasteiger partial charge in [0, 0.05) is 28.9 Å². The molecule has 0 spiro atoms. The Morgan fingerprint density at radius 1 is 0.930 bits per heavy atom. The Hall–Kier alpha value is -4.39. The first-order valence-electron chi connectivity index (χ1n) is 13.8. The molecule has 8 heteroatoms. The van der Waals surface area contributed by atoms with Crippen LogP contribution in [0.1, 0.15) is 40.7 Å². The molecule has 43 heavy (non-hydrogen) atoms. The number of carbonyl (C=O) groups is 1. The Morgan fingerprint density at radius 3 is 2.40 bits per heavy atom. The average Bonchev–Trinajstić information content (AvgIpc) is 3.41. The molecule has 0 radical (unpaired) electrons. The van der Waals surface area contributed by atoms with Gasteiger partial charge >= 0.3 is 5.97 Å². The third-order valence-corrected chi connectivity index (χ3v) is 7.35. The standard InChI is InChI=1S/C35H29Cl2FN2O3/c1-3-18-43-28-14-16-32(38)30(20-28)25-9-4-23(5-10-25)8-17-34-39-33(29-15-13-27(36)19-31(29)37)22-40(34)21-24-6-11-26(12-7-24)35(41)42-2/h4-17,19-20,22H,3,18,21H2,1-2H3/b17-8+. The number of methoxy groups -OCH3 is 1. The van der Waals surface area contributed by atoms with Crippen molar-refractivity contribution in [3.8, 4) is 28.1 Å². The smallest absolute Gasteiger partial charge is 0.337 e. The summed E-state index contributed by atoms with van der Waals surface area (Å²) in [5.74, 6) is 0.658. The van der Waals surface area contributed by atoms with Crippen LogP contribution in [0.3, 0.4) is 0 Å². The Labute approximate surface area is 260 Å². The Kier molecular flexibility index (Phi) is 9.60. The summed E-state index contributed by atoms with van der Waals surface area (Å²) in [6.07, 6.45) is 6.68. The predicted octanol–water partition coefficient (Wildman–Crippen LogP) is 9.46. The van der Waals surface area contributed by atoms with Crippen LogP contribution in [-0.2, 0) is 11.3 Å². The van der Waals surface area contributed by atoms with E-state index >= 15 is 0 Å². The maximum Gasteiger partial charge on any atom is 0.337 e. The summed E-state index contributed by atoms with van der Waals surface area (Å²) < 4.78 is 27.1. The molecule has 0 saturated heterocycles. The molecule has 0 aliphatic carbocycles. The van der Waals surface area contributed by atoms with E-state index in [1.165, 1.54) is 13.2 Å². The molecule has 0 bridgehead atoms. The van der Waals surface area contributed by atoms with E-state index in [0.717, 1.165) is 28.7 Å². The van der Waals surface area contributed by atoms with Crippen LogP contribution in [0.5, 0.6) is 5.75 Å². The summed E-state index contributed by atoms with van der Waals surface area (Å²) in [5.41, 5.74) is 5.08. The molecule has 0 unspecified atom stereocenters. The minimum atomic E-state index is -0.385. The molecule has 4 aromatic carbocycles. The SMILES string of the molecule is CCCOc1ccc(F)c(-c2ccc(/C=C/c3nc(-c4ccc(Cl)cc4Cl)cn3Cc3ccc(C(=O)OC)cc3)cc2)c1. The van der Waals surface area contributed by atoms with E-state index in [9.17, 15) is 9.18 Å². The number of esters is 1. The van der Waals surface area contributed by atoms with E-state index < -0.39 is 0 Å². The molecule has 0 fully saturated rings. The molecular formula is C35H29Cl2FN2O3. The first-order chi connectivity index (χ1) is 20.8. The number of carbonyl (C=O) groups excluding carboxylic acids is 1. The van der Waals surface area contributed by atoms with Crippen LogP contribution in [-0.4, -0.2) is 29.2 Å². The molecule has 0 N–H and O–H groups in total. The number of hydrogen-bond acceptors (Lipinski definition) is 4. The lowest BCUT2D eigenvalue weighted by atomic mass is 10.0. The van der Waals surface area contributed by atoms with Crippen LogP contribution < -0.4 is 4.74 Å². The van der Waals surface area contributed by atoms with Gasteiger partial charge in [-0.3, -0.25) is 0 Å². The van der Waals surface area contributed by atoms with Crippen molar-refractivity contribution in [1.29, 1.82) is 0 Å². The van der Waals surface area contributed by atoms with Crippen molar-refractivity contribution >= 4 is 41.3 Å². The highest BCUT2D eigenvalue weighted by atomic mass is 35.5. The van der Waals surface area contributed by atoms with Gasteiger partial charge in [0.2, 0.25) is 0 Å². The molecule has 1 aromatic heterocycles. The van der Waals surface area contributed by atoms with Gasteiger partial charge < -0.3 is 14.0 Å². The van der Waals surface area contributed by atoms with Crippen molar-refractivity contribution in [1.82, 2.24) is 9.55 Å². The summed E-state index contributed by atoms with van der Waals surface area (Å²) >= 11 is 12.6. The second kappa shape index (κ2) is 13.7. The summed E-state index contributed by atoms with van der Waals surface area (Å²) in [6, 6.07) is 25.0. The molecule has 1 heterocycles. The molecule has 5 rings (SSSR count). The Morgan fingerprint density at radius 2 is 1.70 bits per heavy atom. The quantitative estimate of drug-likeness (QED) is 0.147. The van der Waals surface area contributed by atoms with Crippen LogP contribution in [0.4, 0.5) is 4.39 Å². The van der Waals surface area contributed by atoms with E-state index in [0.29, 0.717) is 51.6 Å². The van der Waals surface area contributed by atoms with E-state index in [1.54, 1.807) is 36.4 Å². The average molecular weight is 616 g/mol. The van der Waals surface area contributed by atoms with Gasteiger partial charge in [0.1, 0.15) is 17.4 Å². The minimum absolute atomic E-state index is 0.304. The fourth-order valence-electron chi connectivity index (χ4n) is 4.56. The van der Waals surface area contributed by atoms with Crippen LogP contribution in [0, 0.1) is 5.82 Å². The molecule has 0 atom stereocenters. The zero-order valence-electron chi connectivity index (χ0n) is 23.7. The summed E-state index contributed by atoms with van der Waals surface area (Å²) in [6.45, 7) is 3.11. The van der Waals surface area contributed by atoms with Gasteiger partial charge in [-0.15, -0.1) is 0 Å². The highest BCUT2D eigenvalue weighted by Gasteiger charge is 2.13. The van der Waals surface area contributed by atoms with Gasteiger partial charge in [-0.2, -0.15) is 0 Å².